The molecule has 39 heavy (non-hydrogen) atoms. The summed E-state index contributed by atoms with van der Waals surface area (Å²) in [5, 5.41) is 6.44. The first-order valence-electron chi connectivity index (χ1n) is 14.6. The Morgan fingerprint density at radius 1 is 0.897 bits per heavy atom. The average molecular weight is 571 g/mol. The third-order valence-electron chi connectivity index (χ3n) is 6.72. The van der Waals surface area contributed by atoms with E-state index in [-0.39, 0.29) is 6.03 Å². The summed E-state index contributed by atoms with van der Waals surface area (Å²) in [5.41, 5.74) is 4.57. The average Bonchev–Trinajstić information content (AvgIpc) is 3.32. The molecule has 0 saturated carbocycles. The molecule has 0 aliphatic heterocycles. The van der Waals surface area contributed by atoms with Gasteiger partial charge in [0.25, 0.3) is 0 Å². The highest BCUT2D eigenvalue weighted by Crippen LogP contribution is 2.29. The highest BCUT2D eigenvalue weighted by molar-refractivity contribution is 7.09. The molecule has 2 N–H and O–H groups in total. The fourth-order valence-electron chi connectivity index (χ4n) is 4.62. The molecule has 2 aromatic carbocycles. The van der Waals surface area contributed by atoms with E-state index in [0.717, 1.165) is 30.6 Å². The zero-order chi connectivity index (χ0) is 27.7. The number of amides is 2. The highest BCUT2D eigenvalue weighted by atomic mass is 35.5. The molecular weight excluding hydrogens is 526 g/mol. The van der Waals surface area contributed by atoms with E-state index in [1.165, 1.54) is 69.1 Å². The molecule has 0 bridgehead atoms. The van der Waals surface area contributed by atoms with Crippen molar-refractivity contribution >= 4 is 40.3 Å². The number of unbranched alkanes of at least 4 members (excludes halogenated alkanes) is 11. The maximum absolute atomic E-state index is 12.8. The van der Waals surface area contributed by atoms with Gasteiger partial charge in [-0.15, -0.1) is 0 Å². The van der Waals surface area contributed by atoms with Gasteiger partial charge in [0.2, 0.25) is 5.51 Å². The molecule has 5 nitrogen and oxygen atoms in total. The Morgan fingerprint density at radius 2 is 1.59 bits per heavy atom. The zero-order valence-corrected chi connectivity index (χ0v) is 25.2. The van der Waals surface area contributed by atoms with Crippen LogP contribution in [0.4, 0.5) is 16.2 Å². The molecule has 3 aromatic rings. The maximum atomic E-state index is 12.8. The Labute approximate surface area is 243 Å². The Bertz CT molecular complexity index is 1130. The minimum Gasteiger partial charge on any atom is -0.491 e. The van der Waals surface area contributed by atoms with Crippen LogP contribution in [0.5, 0.6) is 5.75 Å². The van der Waals surface area contributed by atoms with Crippen LogP contribution in [-0.4, -0.2) is 12.6 Å². The number of anilines is 2. The topological polar surface area (TPSA) is 54.2 Å². The summed E-state index contributed by atoms with van der Waals surface area (Å²) in [6.45, 7) is 5.73. The summed E-state index contributed by atoms with van der Waals surface area (Å²) >= 11 is 7.94. The second-order valence-corrected chi connectivity index (χ2v) is 11.8. The summed E-state index contributed by atoms with van der Waals surface area (Å²) in [6.07, 6.45) is 17.8. The molecule has 0 radical (unpaired) electrons. The number of carbonyl (C=O) groups is 1. The smallest absolute Gasteiger partial charge is 0.323 e. The number of aryl methyl sites for hydroxylation is 1. The molecule has 2 amide bonds. The molecular formula is C32H45ClN3O2S+. The number of benzene rings is 2. The number of hydrogen-bond acceptors (Lipinski definition) is 3. The van der Waals surface area contributed by atoms with Crippen molar-refractivity contribution in [2.45, 2.75) is 97.4 Å². The first-order chi connectivity index (χ1) is 19.0. The van der Waals surface area contributed by atoms with Crippen molar-refractivity contribution < 1.29 is 14.1 Å². The molecule has 212 valence electrons. The van der Waals surface area contributed by atoms with Crippen LogP contribution in [0.3, 0.4) is 0 Å². The van der Waals surface area contributed by atoms with Gasteiger partial charge in [-0.2, -0.15) is 4.57 Å². The second-order valence-electron chi connectivity index (χ2n) is 10.3. The lowest BCUT2D eigenvalue weighted by atomic mass is 10.1. The van der Waals surface area contributed by atoms with Gasteiger partial charge in [-0.25, -0.2) is 4.79 Å². The molecule has 0 saturated heterocycles. The van der Waals surface area contributed by atoms with E-state index in [9.17, 15) is 4.79 Å². The van der Waals surface area contributed by atoms with Gasteiger partial charge in [0, 0.05) is 22.3 Å². The standard InChI is InChI=1S/C32H44ClN3O2S/c1-3-4-5-6-7-8-9-10-11-12-13-14-20-38-31-22-28(33)18-19-30(31)35-32(37)34-29-17-15-16-27(21-29)24-36-23-26(2)39-25-36/h15-19,21-23,25H,3-14,20,24H2,1-2H3,(H-,34,35,37)/p+1. The highest BCUT2D eigenvalue weighted by Gasteiger charge is 2.11. The Morgan fingerprint density at radius 3 is 2.26 bits per heavy atom. The number of rotatable bonds is 18. The van der Waals surface area contributed by atoms with Crippen molar-refractivity contribution in [3.8, 4) is 5.75 Å². The van der Waals surface area contributed by atoms with Gasteiger partial charge in [-0.3, -0.25) is 0 Å². The summed E-state index contributed by atoms with van der Waals surface area (Å²) < 4.78 is 8.17. The summed E-state index contributed by atoms with van der Waals surface area (Å²) in [4.78, 5) is 14.0. The second kappa shape index (κ2) is 17.9. The lowest BCUT2D eigenvalue weighted by Gasteiger charge is -2.14. The molecule has 0 aliphatic rings. The third-order valence-corrected chi connectivity index (χ3v) is 7.81. The molecule has 0 aliphatic carbocycles. The van der Waals surface area contributed by atoms with Gasteiger partial charge in [-0.05, 0) is 37.6 Å². The van der Waals surface area contributed by atoms with Crippen LogP contribution < -0.4 is 19.9 Å². The van der Waals surface area contributed by atoms with Gasteiger partial charge < -0.3 is 15.4 Å². The normalized spacial score (nSPS) is 10.9. The van der Waals surface area contributed by atoms with Crippen molar-refractivity contribution in [2.75, 3.05) is 17.2 Å². The zero-order valence-electron chi connectivity index (χ0n) is 23.6. The first kappa shape index (κ1) is 31.0. The number of aromatic nitrogens is 1. The van der Waals surface area contributed by atoms with Gasteiger partial charge in [0.05, 0.1) is 17.2 Å². The third kappa shape index (κ3) is 12.4. The van der Waals surface area contributed by atoms with Crippen molar-refractivity contribution in [3.63, 3.8) is 0 Å². The minimum absolute atomic E-state index is 0.316. The van der Waals surface area contributed by atoms with Gasteiger partial charge >= 0.3 is 6.03 Å². The fourth-order valence-corrected chi connectivity index (χ4v) is 5.41. The predicted molar refractivity (Wildman–Crippen MR) is 165 cm³/mol. The van der Waals surface area contributed by atoms with Crippen LogP contribution in [0.1, 0.15) is 94.4 Å². The summed E-state index contributed by atoms with van der Waals surface area (Å²) in [5.74, 6) is 0.596. The minimum atomic E-state index is -0.316. The number of thiazole rings is 1. The van der Waals surface area contributed by atoms with E-state index in [2.05, 4.69) is 46.8 Å². The Balaban J connectivity index is 1.37. The van der Waals surface area contributed by atoms with Gasteiger partial charge in [-0.1, -0.05) is 113 Å². The molecule has 0 atom stereocenters. The molecule has 7 heteroatoms. The molecule has 0 unspecified atom stereocenters. The number of carbonyl (C=O) groups excluding carboxylic acids is 1. The Hall–Kier alpha value is -2.57. The number of nitrogens with one attached hydrogen (secondary N) is 2. The van der Waals surface area contributed by atoms with Crippen LogP contribution in [-0.2, 0) is 6.54 Å². The lowest BCUT2D eigenvalue weighted by molar-refractivity contribution is -0.683. The number of hydrogen-bond donors (Lipinski definition) is 2. The van der Waals surface area contributed by atoms with Crippen LogP contribution in [0, 0.1) is 6.92 Å². The van der Waals surface area contributed by atoms with Gasteiger partial charge in [0.15, 0.2) is 12.7 Å². The maximum Gasteiger partial charge on any atom is 0.323 e. The number of ether oxygens (including phenoxy) is 1. The number of nitrogens with zero attached hydrogens (tertiary/aromatic N) is 1. The van der Waals surface area contributed by atoms with E-state index >= 15 is 0 Å². The van der Waals surface area contributed by atoms with E-state index < -0.39 is 0 Å². The fraction of sp³-hybridized carbons (Fsp3) is 0.500. The largest absolute Gasteiger partial charge is 0.491 e. The van der Waals surface area contributed by atoms with Crippen molar-refractivity contribution in [1.82, 2.24) is 0 Å². The molecule has 0 spiro atoms. The van der Waals surface area contributed by atoms with Crippen LogP contribution in [0.15, 0.2) is 54.2 Å². The van der Waals surface area contributed by atoms with Crippen LogP contribution >= 0.6 is 22.9 Å². The molecule has 0 fully saturated rings. The van der Waals surface area contributed by atoms with Gasteiger partial charge in [0.1, 0.15) is 5.75 Å². The van der Waals surface area contributed by atoms with E-state index in [4.69, 9.17) is 16.3 Å². The van der Waals surface area contributed by atoms with E-state index in [1.54, 1.807) is 29.5 Å². The molecule has 1 aromatic heterocycles. The SMILES string of the molecule is CCCCCCCCCCCCCCOc1cc(Cl)ccc1NC(=O)Nc1cccc(C[n+]2csc(C)c2)c1. The van der Waals surface area contributed by atoms with Crippen LogP contribution in [0.25, 0.3) is 0 Å². The van der Waals surface area contributed by atoms with E-state index in [0.29, 0.717) is 23.1 Å². The van der Waals surface area contributed by atoms with Crippen molar-refractivity contribution in [3.05, 3.63) is 69.6 Å². The van der Waals surface area contributed by atoms with Crippen molar-refractivity contribution in [1.29, 1.82) is 0 Å². The summed E-state index contributed by atoms with van der Waals surface area (Å²) in [7, 11) is 0. The molecule has 3 rings (SSSR count). The monoisotopic (exact) mass is 570 g/mol. The Kier molecular flexibility index (Phi) is 14.2. The number of urea groups is 1. The lowest BCUT2D eigenvalue weighted by Crippen LogP contribution is -2.30. The summed E-state index contributed by atoms with van der Waals surface area (Å²) in [6, 6.07) is 12.9. The van der Waals surface area contributed by atoms with Crippen LogP contribution in [0.2, 0.25) is 5.02 Å². The number of halogens is 1. The first-order valence-corrected chi connectivity index (χ1v) is 15.8. The predicted octanol–water partition coefficient (Wildman–Crippen LogP) is 9.77. The quantitative estimate of drug-likeness (QED) is 0.118. The van der Waals surface area contributed by atoms with Crippen molar-refractivity contribution in [2.24, 2.45) is 0 Å². The van der Waals surface area contributed by atoms with E-state index in [1.807, 2.05) is 18.2 Å². The molecule has 1 heterocycles.